The molecule has 0 atom stereocenters. The third-order valence-corrected chi connectivity index (χ3v) is 5.64. The molecule has 0 bridgehead atoms. The lowest BCUT2D eigenvalue weighted by Crippen LogP contribution is -2.31. The van der Waals surface area contributed by atoms with Crippen LogP contribution >= 0.6 is 35.6 Å². The molecular formula is C20H14ClN2O4S2-. The lowest BCUT2D eigenvalue weighted by molar-refractivity contribution is -0.255. The van der Waals surface area contributed by atoms with Gasteiger partial charge in [0.25, 0.3) is 5.91 Å². The lowest BCUT2D eigenvalue weighted by atomic mass is 10.2. The number of halogens is 1. The van der Waals surface area contributed by atoms with Crippen LogP contribution in [-0.2, 0) is 9.59 Å². The van der Waals surface area contributed by atoms with Crippen LogP contribution in [0.25, 0.3) is 6.08 Å². The number of amides is 2. The number of carbonyl (C=O) groups is 3. The van der Waals surface area contributed by atoms with Crippen molar-refractivity contribution >= 4 is 69.4 Å². The maximum Gasteiger partial charge on any atom is 0.266 e. The third kappa shape index (κ3) is 5.44. The van der Waals surface area contributed by atoms with Crippen molar-refractivity contribution < 1.29 is 19.5 Å². The Morgan fingerprint density at radius 2 is 1.79 bits per heavy atom. The van der Waals surface area contributed by atoms with Crippen LogP contribution in [0.5, 0.6) is 0 Å². The van der Waals surface area contributed by atoms with Gasteiger partial charge in [-0.15, -0.1) is 0 Å². The average Bonchev–Trinajstić information content (AvgIpc) is 2.95. The first-order valence-corrected chi connectivity index (χ1v) is 10.1. The van der Waals surface area contributed by atoms with Crippen LogP contribution in [0.4, 0.5) is 5.69 Å². The lowest BCUT2D eigenvalue weighted by Gasteiger charge is -2.14. The molecule has 9 heteroatoms. The molecule has 1 aliphatic rings. The summed E-state index contributed by atoms with van der Waals surface area (Å²) in [5.74, 6) is -1.85. The summed E-state index contributed by atoms with van der Waals surface area (Å²) in [5.41, 5.74) is 1.30. The first-order chi connectivity index (χ1) is 13.8. The van der Waals surface area contributed by atoms with E-state index in [1.807, 2.05) is 0 Å². The molecule has 29 heavy (non-hydrogen) atoms. The Balaban J connectivity index is 1.57. The molecule has 2 amide bonds. The zero-order valence-corrected chi connectivity index (χ0v) is 17.3. The normalized spacial score (nSPS) is 15.1. The van der Waals surface area contributed by atoms with Crippen LogP contribution in [0.3, 0.4) is 0 Å². The number of nitrogens with one attached hydrogen (secondary N) is 1. The molecule has 6 nitrogen and oxygen atoms in total. The van der Waals surface area contributed by atoms with Crippen LogP contribution < -0.4 is 10.4 Å². The van der Waals surface area contributed by atoms with Crippen LogP contribution in [0.15, 0.2) is 53.4 Å². The highest BCUT2D eigenvalue weighted by molar-refractivity contribution is 8.26. The summed E-state index contributed by atoms with van der Waals surface area (Å²) >= 11 is 12.3. The minimum Gasteiger partial charge on any atom is -0.545 e. The molecule has 1 fully saturated rings. The highest BCUT2D eigenvalue weighted by Gasteiger charge is 2.32. The zero-order valence-electron chi connectivity index (χ0n) is 14.9. The number of nitrogens with zero attached hydrogens (tertiary/aromatic N) is 1. The van der Waals surface area contributed by atoms with E-state index in [2.05, 4.69) is 5.32 Å². The third-order valence-electron chi connectivity index (χ3n) is 4.01. The number of hydrogen-bond acceptors (Lipinski definition) is 6. The van der Waals surface area contributed by atoms with Gasteiger partial charge < -0.3 is 15.2 Å². The van der Waals surface area contributed by atoms with Crippen LogP contribution in [0.2, 0.25) is 5.02 Å². The van der Waals surface area contributed by atoms with Crippen molar-refractivity contribution in [2.75, 3.05) is 11.9 Å². The van der Waals surface area contributed by atoms with E-state index in [1.165, 1.54) is 40.9 Å². The summed E-state index contributed by atoms with van der Waals surface area (Å²) in [4.78, 5) is 37.4. The summed E-state index contributed by atoms with van der Waals surface area (Å²) < 4.78 is 0.390. The Bertz CT molecular complexity index is 1000. The fourth-order valence-electron chi connectivity index (χ4n) is 2.53. The standard InChI is InChI=1S/C20H15ClN2O4S2/c21-14-5-1-12(2-6-14)11-16-18(25)23(20(28)29-16)10-9-17(24)22-15-7-3-13(4-8-15)19(26)27/h1-8,11H,9-10H2,(H,22,24)(H,26,27)/p-1. The van der Waals surface area contributed by atoms with Gasteiger partial charge in [0, 0.05) is 23.7 Å². The quantitative estimate of drug-likeness (QED) is 0.543. The molecule has 2 aromatic carbocycles. The maximum absolute atomic E-state index is 12.6. The topological polar surface area (TPSA) is 89.5 Å². The van der Waals surface area contributed by atoms with Gasteiger partial charge in [-0.3, -0.25) is 14.5 Å². The number of thioether (sulfide) groups is 1. The highest BCUT2D eigenvalue weighted by Crippen LogP contribution is 2.32. The fourth-order valence-corrected chi connectivity index (χ4v) is 3.96. The Hall–Kier alpha value is -2.68. The Morgan fingerprint density at radius 3 is 2.41 bits per heavy atom. The number of rotatable bonds is 6. The van der Waals surface area contributed by atoms with Crippen molar-refractivity contribution in [3.63, 3.8) is 0 Å². The molecule has 148 valence electrons. The van der Waals surface area contributed by atoms with Gasteiger partial charge in [-0.25, -0.2) is 0 Å². The second-order valence-electron chi connectivity index (χ2n) is 6.05. The molecule has 0 saturated carbocycles. The summed E-state index contributed by atoms with van der Waals surface area (Å²) in [6, 6.07) is 12.7. The summed E-state index contributed by atoms with van der Waals surface area (Å²) in [7, 11) is 0. The van der Waals surface area contributed by atoms with Gasteiger partial charge in [0.15, 0.2) is 0 Å². The van der Waals surface area contributed by atoms with Crippen molar-refractivity contribution in [1.82, 2.24) is 4.90 Å². The van der Waals surface area contributed by atoms with Gasteiger partial charge in [0.2, 0.25) is 5.91 Å². The number of benzene rings is 2. The van der Waals surface area contributed by atoms with Crippen molar-refractivity contribution in [1.29, 1.82) is 0 Å². The van der Waals surface area contributed by atoms with Gasteiger partial charge in [-0.1, -0.05) is 59.8 Å². The largest absolute Gasteiger partial charge is 0.545 e. The SMILES string of the molecule is O=C(CCN1C(=O)C(=Cc2ccc(Cl)cc2)SC1=S)Nc1ccc(C(=O)[O-])cc1. The number of carboxylic acids is 1. The number of carbonyl (C=O) groups excluding carboxylic acids is 3. The molecule has 0 aliphatic carbocycles. The Kier molecular flexibility index (Phi) is 6.68. The summed E-state index contributed by atoms with van der Waals surface area (Å²) in [6.07, 6.45) is 1.78. The molecular weight excluding hydrogens is 432 g/mol. The maximum atomic E-state index is 12.6. The van der Waals surface area contributed by atoms with Crippen molar-refractivity contribution in [3.8, 4) is 0 Å². The molecule has 1 saturated heterocycles. The minimum atomic E-state index is -1.29. The molecule has 0 spiro atoms. The van der Waals surface area contributed by atoms with E-state index < -0.39 is 5.97 Å². The van der Waals surface area contributed by atoms with E-state index in [-0.39, 0.29) is 30.3 Å². The zero-order chi connectivity index (χ0) is 21.0. The molecule has 0 unspecified atom stereocenters. The van der Waals surface area contributed by atoms with Gasteiger partial charge in [0.05, 0.1) is 10.9 Å². The summed E-state index contributed by atoms with van der Waals surface area (Å²) in [5, 5.41) is 14.0. The van der Waals surface area contributed by atoms with E-state index in [1.54, 1.807) is 30.3 Å². The molecule has 0 aromatic heterocycles. The van der Waals surface area contributed by atoms with Crippen molar-refractivity contribution in [2.45, 2.75) is 6.42 Å². The van der Waals surface area contributed by atoms with Crippen molar-refractivity contribution in [3.05, 3.63) is 69.6 Å². The molecule has 1 heterocycles. The predicted octanol–water partition coefficient (Wildman–Crippen LogP) is 2.93. The van der Waals surface area contributed by atoms with E-state index in [4.69, 9.17) is 23.8 Å². The van der Waals surface area contributed by atoms with Crippen molar-refractivity contribution in [2.24, 2.45) is 0 Å². The monoisotopic (exact) mass is 445 g/mol. The van der Waals surface area contributed by atoms with Crippen LogP contribution in [0.1, 0.15) is 22.3 Å². The minimum absolute atomic E-state index is 0.0213. The fraction of sp³-hybridized carbons (Fsp3) is 0.100. The highest BCUT2D eigenvalue weighted by atomic mass is 35.5. The van der Waals surface area contributed by atoms with Gasteiger partial charge >= 0.3 is 0 Å². The molecule has 3 rings (SSSR count). The number of aromatic carboxylic acids is 1. The van der Waals surface area contributed by atoms with Crippen LogP contribution in [0, 0.1) is 0 Å². The summed E-state index contributed by atoms with van der Waals surface area (Å²) in [6.45, 7) is 0.144. The Labute approximate surface area is 181 Å². The first-order valence-electron chi connectivity index (χ1n) is 8.45. The smallest absolute Gasteiger partial charge is 0.266 e. The number of anilines is 1. The Morgan fingerprint density at radius 1 is 1.14 bits per heavy atom. The van der Waals surface area contributed by atoms with E-state index in [0.717, 1.165) is 5.56 Å². The molecule has 1 N–H and O–H groups in total. The molecule has 2 aromatic rings. The van der Waals surface area contributed by atoms with E-state index in [9.17, 15) is 19.5 Å². The van der Waals surface area contributed by atoms with Gasteiger partial charge in [-0.05, 0) is 41.5 Å². The second-order valence-corrected chi connectivity index (χ2v) is 8.16. The number of carboxylic acid groups (broad SMARTS) is 1. The molecule has 1 aliphatic heterocycles. The average molecular weight is 446 g/mol. The first kappa shape index (κ1) is 21.0. The second kappa shape index (κ2) is 9.21. The van der Waals surface area contributed by atoms with Crippen LogP contribution in [-0.4, -0.2) is 33.5 Å². The van der Waals surface area contributed by atoms with Gasteiger partial charge in [-0.2, -0.15) is 0 Å². The number of hydrogen-bond donors (Lipinski definition) is 1. The molecule has 0 radical (unpaired) electrons. The van der Waals surface area contributed by atoms with Gasteiger partial charge in [0.1, 0.15) is 4.32 Å². The van der Waals surface area contributed by atoms with E-state index in [0.29, 0.717) is 19.9 Å². The van der Waals surface area contributed by atoms with E-state index >= 15 is 0 Å². The predicted molar refractivity (Wildman–Crippen MR) is 115 cm³/mol. The number of thiocarbonyl (C=S) groups is 1.